The fraction of sp³-hybridized carbons (Fsp3) is 0.522. The Balaban J connectivity index is 1.52. The van der Waals surface area contributed by atoms with Crippen LogP contribution in [0.2, 0.25) is 0 Å². The molecule has 6 heteroatoms. The van der Waals surface area contributed by atoms with Crippen LogP contribution < -0.4 is 10.6 Å². The zero-order valence-corrected chi connectivity index (χ0v) is 17.7. The van der Waals surface area contributed by atoms with Crippen LogP contribution in [0, 0.1) is 0 Å². The molecule has 2 N–H and O–H groups in total. The monoisotopic (exact) mass is 398 g/mol. The van der Waals surface area contributed by atoms with Crippen LogP contribution in [0.15, 0.2) is 52.1 Å². The number of ether oxygens (including phenoxy) is 1. The molecule has 0 radical (unpaired) electrons. The SMILES string of the molecule is CCOCc1ccc(CNC(=NC)NCC(c2ccco2)N2CCCCC2)cc1. The van der Waals surface area contributed by atoms with E-state index in [2.05, 4.69) is 50.9 Å². The van der Waals surface area contributed by atoms with E-state index >= 15 is 0 Å². The number of likely N-dealkylation sites (tertiary alicyclic amines) is 1. The van der Waals surface area contributed by atoms with Crippen molar-refractivity contribution >= 4 is 5.96 Å². The molecule has 0 aliphatic carbocycles. The van der Waals surface area contributed by atoms with Crippen molar-refractivity contribution in [2.45, 2.75) is 45.4 Å². The largest absolute Gasteiger partial charge is 0.468 e. The van der Waals surface area contributed by atoms with Gasteiger partial charge in [-0.1, -0.05) is 30.7 Å². The second-order valence-corrected chi connectivity index (χ2v) is 7.39. The van der Waals surface area contributed by atoms with Crippen LogP contribution in [-0.4, -0.2) is 44.1 Å². The number of hydrogen-bond donors (Lipinski definition) is 2. The molecule has 6 nitrogen and oxygen atoms in total. The summed E-state index contributed by atoms with van der Waals surface area (Å²) >= 11 is 0. The molecule has 1 unspecified atom stereocenters. The molecule has 158 valence electrons. The molecular weight excluding hydrogens is 364 g/mol. The van der Waals surface area contributed by atoms with E-state index in [1.807, 2.05) is 20.0 Å². The van der Waals surface area contributed by atoms with Crippen molar-refractivity contribution in [3.05, 3.63) is 59.5 Å². The van der Waals surface area contributed by atoms with E-state index in [1.54, 1.807) is 6.26 Å². The van der Waals surface area contributed by atoms with Gasteiger partial charge in [0.1, 0.15) is 5.76 Å². The summed E-state index contributed by atoms with van der Waals surface area (Å²) in [4.78, 5) is 6.90. The molecular formula is C23H34N4O2. The molecule has 0 saturated carbocycles. The van der Waals surface area contributed by atoms with Gasteiger partial charge in [-0.2, -0.15) is 0 Å². The van der Waals surface area contributed by atoms with E-state index in [4.69, 9.17) is 9.15 Å². The number of piperidine rings is 1. The number of nitrogens with one attached hydrogen (secondary N) is 2. The highest BCUT2D eigenvalue weighted by atomic mass is 16.5. The minimum Gasteiger partial charge on any atom is -0.468 e. The number of rotatable bonds is 9. The fourth-order valence-corrected chi connectivity index (χ4v) is 3.69. The van der Waals surface area contributed by atoms with Crippen molar-refractivity contribution in [1.29, 1.82) is 0 Å². The van der Waals surface area contributed by atoms with Crippen molar-refractivity contribution in [1.82, 2.24) is 15.5 Å². The third-order valence-electron chi connectivity index (χ3n) is 5.35. The smallest absolute Gasteiger partial charge is 0.191 e. The summed E-state index contributed by atoms with van der Waals surface area (Å²) in [7, 11) is 1.81. The molecule has 1 aromatic heterocycles. The minimum atomic E-state index is 0.224. The van der Waals surface area contributed by atoms with Gasteiger partial charge >= 0.3 is 0 Å². The Labute approximate surface area is 174 Å². The van der Waals surface area contributed by atoms with Gasteiger partial charge in [0.25, 0.3) is 0 Å². The molecule has 3 rings (SSSR count). The molecule has 1 fully saturated rings. The van der Waals surface area contributed by atoms with Crippen molar-refractivity contribution in [2.24, 2.45) is 4.99 Å². The molecule has 2 aromatic rings. The van der Waals surface area contributed by atoms with Crippen LogP contribution in [0.3, 0.4) is 0 Å². The Morgan fingerprint density at radius 1 is 1.10 bits per heavy atom. The molecule has 1 aliphatic rings. The van der Waals surface area contributed by atoms with Crippen molar-refractivity contribution in [2.75, 3.05) is 33.3 Å². The molecule has 2 heterocycles. The maximum atomic E-state index is 5.73. The second kappa shape index (κ2) is 11.6. The highest BCUT2D eigenvalue weighted by molar-refractivity contribution is 5.79. The maximum Gasteiger partial charge on any atom is 0.191 e. The van der Waals surface area contributed by atoms with Gasteiger partial charge in [-0.05, 0) is 56.1 Å². The molecule has 0 amide bonds. The van der Waals surface area contributed by atoms with Gasteiger partial charge in [-0.3, -0.25) is 9.89 Å². The number of benzene rings is 1. The maximum absolute atomic E-state index is 5.73. The average Bonchev–Trinajstić information content (AvgIpc) is 3.30. The first-order valence-corrected chi connectivity index (χ1v) is 10.7. The third-order valence-corrected chi connectivity index (χ3v) is 5.35. The van der Waals surface area contributed by atoms with Gasteiger partial charge < -0.3 is 19.8 Å². The van der Waals surface area contributed by atoms with Crippen LogP contribution >= 0.6 is 0 Å². The van der Waals surface area contributed by atoms with E-state index in [0.717, 1.165) is 44.5 Å². The first-order valence-electron chi connectivity index (χ1n) is 10.7. The normalized spacial score (nSPS) is 16.6. The van der Waals surface area contributed by atoms with Crippen LogP contribution in [-0.2, 0) is 17.9 Å². The van der Waals surface area contributed by atoms with Crippen molar-refractivity contribution in [3.8, 4) is 0 Å². The van der Waals surface area contributed by atoms with Gasteiger partial charge in [0.15, 0.2) is 5.96 Å². The Bertz CT molecular complexity index is 722. The lowest BCUT2D eigenvalue weighted by Gasteiger charge is -2.33. The van der Waals surface area contributed by atoms with Crippen molar-refractivity contribution < 1.29 is 9.15 Å². The summed E-state index contributed by atoms with van der Waals surface area (Å²) < 4.78 is 11.2. The zero-order valence-electron chi connectivity index (χ0n) is 17.7. The van der Waals surface area contributed by atoms with E-state index in [-0.39, 0.29) is 6.04 Å². The predicted molar refractivity (Wildman–Crippen MR) is 117 cm³/mol. The molecule has 0 spiro atoms. The van der Waals surface area contributed by atoms with Crippen LogP contribution in [0.25, 0.3) is 0 Å². The van der Waals surface area contributed by atoms with E-state index in [0.29, 0.717) is 6.61 Å². The summed E-state index contributed by atoms with van der Waals surface area (Å²) in [6.07, 6.45) is 5.59. The lowest BCUT2D eigenvalue weighted by atomic mass is 10.1. The van der Waals surface area contributed by atoms with Crippen LogP contribution in [0.5, 0.6) is 0 Å². The topological polar surface area (TPSA) is 62.0 Å². The first-order chi connectivity index (χ1) is 14.3. The molecule has 1 saturated heterocycles. The van der Waals surface area contributed by atoms with E-state index in [9.17, 15) is 0 Å². The van der Waals surface area contributed by atoms with E-state index in [1.165, 1.54) is 30.4 Å². The van der Waals surface area contributed by atoms with Gasteiger partial charge in [0, 0.05) is 26.7 Å². The molecule has 0 bridgehead atoms. The number of guanidine groups is 1. The number of aliphatic imine (C=N–C) groups is 1. The summed E-state index contributed by atoms with van der Waals surface area (Å²) in [5.74, 6) is 1.82. The molecule has 1 aliphatic heterocycles. The number of furan rings is 1. The van der Waals surface area contributed by atoms with E-state index < -0.39 is 0 Å². The first kappa shape index (κ1) is 21.4. The fourth-order valence-electron chi connectivity index (χ4n) is 3.69. The second-order valence-electron chi connectivity index (χ2n) is 7.39. The lowest BCUT2D eigenvalue weighted by Crippen LogP contribution is -2.44. The summed E-state index contributed by atoms with van der Waals surface area (Å²) in [6, 6.07) is 12.8. The summed E-state index contributed by atoms with van der Waals surface area (Å²) in [5, 5.41) is 6.89. The zero-order chi connectivity index (χ0) is 20.3. The Morgan fingerprint density at radius 2 is 1.86 bits per heavy atom. The third kappa shape index (κ3) is 6.61. The number of hydrogen-bond acceptors (Lipinski definition) is 4. The summed E-state index contributed by atoms with van der Waals surface area (Å²) in [6.45, 7) is 7.14. The highest BCUT2D eigenvalue weighted by Gasteiger charge is 2.24. The van der Waals surface area contributed by atoms with Crippen LogP contribution in [0.4, 0.5) is 0 Å². The quantitative estimate of drug-likeness (QED) is 0.498. The van der Waals surface area contributed by atoms with Gasteiger partial charge in [0.05, 0.1) is 18.9 Å². The Morgan fingerprint density at radius 3 is 2.52 bits per heavy atom. The highest BCUT2D eigenvalue weighted by Crippen LogP contribution is 2.24. The molecule has 1 aromatic carbocycles. The Kier molecular flexibility index (Phi) is 8.58. The lowest BCUT2D eigenvalue weighted by molar-refractivity contribution is 0.134. The van der Waals surface area contributed by atoms with Crippen molar-refractivity contribution in [3.63, 3.8) is 0 Å². The standard InChI is InChI=1S/C23H34N4O2/c1-3-28-18-20-11-9-19(10-12-20)16-25-23(24-2)26-17-21(22-8-7-15-29-22)27-13-5-4-6-14-27/h7-12,15,21H,3-6,13-14,16-18H2,1-2H3,(H2,24,25,26). The van der Waals surface area contributed by atoms with Crippen LogP contribution in [0.1, 0.15) is 49.1 Å². The predicted octanol–water partition coefficient (Wildman–Crippen LogP) is 3.71. The Hall–Kier alpha value is -2.31. The van der Waals surface area contributed by atoms with Gasteiger partial charge in [-0.15, -0.1) is 0 Å². The molecule has 1 atom stereocenters. The molecule has 29 heavy (non-hydrogen) atoms. The summed E-state index contributed by atoms with van der Waals surface area (Å²) in [5.41, 5.74) is 2.41. The number of nitrogens with zero attached hydrogens (tertiary/aromatic N) is 2. The van der Waals surface area contributed by atoms with Gasteiger partial charge in [-0.25, -0.2) is 0 Å². The average molecular weight is 399 g/mol. The minimum absolute atomic E-state index is 0.224. The van der Waals surface area contributed by atoms with Gasteiger partial charge in [0.2, 0.25) is 0 Å².